The lowest BCUT2D eigenvalue weighted by Gasteiger charge is -2.39. The first-order valence-electron chi connectivity index (χ1n) is 7.87. The maximum atomic E-state index is 12.4. The van der Waals surface area contributed by atoms with Crippen LogP contribution in [0.25, 0.3) is 0 Å². The molecule has 1 unspecified atom stereocenters. The van der Waals surface area contributed by atoms with Crippen molar-refractivity contribution >= 4 is 12.1 Å². The molecule has 5 nitrogen and oxygen atoms in total. The van der Waals surface area contributed by atoms with Crippen molar-refractivity contribution in [2.75, 3.05) is 0 Å². The molecule has 21 heavy (non-hydrogen) atoms. The fraction of sp³-hybridized carbons (Fsp3) is 0.875. The molecule has 0 bridgehead atoms. The van der Waals surface area contributed by atoms with Crippen LogP contribution >= 0.6 is 0 Å². The SMILES string of the molecule is CC(C)N(C(=O)OC(C)(C)C)C(C(=O)O)C1CCCCC1. The van der Waals surface area contributed by atoms with E-state index < -0.39 is 23.7 Å². The summed E-state index contributed by atoms with van der Waals surface area (Å²) in [7, 11) is 0. The van der Waals surface area contributed by atoms with Gasteiger partial charge in [-0.3, -0.25) is 4.90 Å². The van der Waals surface area contributed by atoms with E-state index in [-0.39, 0.29) is 12.0 Å². The van der Waals surface area contributed by atoms with Gasteiger partial charge in [-0.05, 0) is 53.4 Å². The molecule has 1 fully saturated rings. The zero-order valence-corrected chi connectivity index (χ0v) is 13.9. The van der Waals surface area contributed by atoms with Crippen molar-refractivity contribution in [1.29, 1.82) is 0 Å². The van der Waals surface area contributed by atoms with Crippen molar-refractivity contribution < 1.29 is 19.4 Å². The van der Waals surface area contributed by atoms with Crippen LogP contribution in [0.1, 0.15) is 66.7 Å². The van der Waals surface area contributed by atoms with E-state index in [0.29, 0.717) is 0 Å². The number of carbonyl (C=O) groups excluding carboxylic acids is 1. The van der Waals surface area contributed by atoms with Gasteiger partial charge in [0, 0.05) is 6.04 Å². The highest BCUT2D eigenvalue weighted by molar-refractivity contribution is 5.80. The fourth-order valence-corrected chi connectivity index (χ4v) is 2.96. The molecule has 1 aliphatic carbocycles. The Labute approximate surface area is 127 Å². The summed E-state index contributed by atoms with van der Waals surface area (Å²) in [6.45, 7) is 9.05. The van der Waals surface area contributed by atoms with E-state index in [2.05, 4.69) is 0 Å². The van der Waals surface area contributed by atoms with E-state index in [1.54, 1.807) is 20.8 Å². The number of amides is 1. The van der Waals surface area contributed by atoms with Crippen LogP contribution in [0.4, 0.5) is 4.79 Å². The van der Waals surface area contributed by atoms with Gasteiger partial charge in [-0.2, -0.15) is 0 Å². The number of carbonyl (C=O) groups is 2. The van der Waals surface area contributed by atoms with Crippen LogP contribution in [-0.4, -0.2) is 39.8 Å². The van der Waals surface area contributed by atoms with Gasteiger partial charge in [-0.1, -0.05) is 19.3 Å². The highest BCUT2D eigenvalue weighted by Crippen LogP contribution is 2.31. The Bertz CT molecular complexity index is 367. The van der Waals surface area contributed by atoms with Gasteiger partial charge in [-0.15, -0.1) is 0 Å². The maximum absolute atomic E-state index is 12.4. The molecule has 1 rings (SSSR count). The molecule has 5 heteroatoms. The third-order valence-corrected chi connectivity index (χ3v) is 3.81. The lowest BCUT2D eigenvalue weighted by Crippen LogP contribution is -2.54. The molecule has 0 radical (unpaired) electrons. The standard InChI is InChI=1S/C16H29NO4/c1-11(2)17(15(20)21-16(3,4)5)13(14(18)19)12-9-7-6-8-10-12/h11-13H,6-10H2,1-5H3,(H,18,19). The van der Waals surface area contributed by atoms with Crippen LogP contribution in [0.2, 0.25) is 0 Å². The minimum absolute atomic E-state index is 0.0196. The van der Waals surface area contributed by atoms with Gasteiger partial charge in [0.1, 0.15) is 11.6 Å². The van der Waals surface area contributed by atoms with Gasteiger partial charge in [0.25, 0.3) is 0 Å². The summed E-state index contributed by atoms with van der Waals surface area (Å²) in [5.41, 5.74) is -0.625. The number of hydrogen-bond acceptors (Lipinski definition) is 3. The molecule has 0 aromatic carbocycles. The van der Waals surface area contributed by atoms with E-state index >= 15 is 0 Å². The highest BCUT2D eigenvalue weighted by Gasteiger charge is 2.40. The zero-order valence-electron chi connectivity index (χ0n) is 13.9. The molecule has 1 amide bonds. The Morgan fingerprint density at radius 2 is 1.67 bits per heavy atom. The van der Waals surface area contributed by atoms with Crippen molar-refractivity contribution in [1.82, 2.24) is 4.90 Å². The molecule has 1 N–H and O–H groups in total. The minimum Gasteiger partial charge on any atom is -0.480 e. The van der Waals surface area contributed by atoms with Crippen molar-refractivity contribution in [3.63, 3.8) is 0 Å². The smallest absolute Gasteiger partial charge is 0.411 e. The van der Waals surface area contributed by atoms with Crippen LogP contribution < -0.4 is 0 Å². The second-order valence-electron chi connectivity index (χ2n) is 7.16. The normalized spacial score (nSPS) is 18.4. The molecule has 1 aliphatic rings. The Balaban J connectivity index is 2.97. The quantitative estimate of drug-likeness (QED) is 0.860. The van der Waals surface area contributed by atoms with Gasteiger partial charge in [0.15, 0.2) is 0 Å². The molecular weight excluding hydrogens is 270 g/mol. The average Bonchev–Trinajstić information content (AvgIpc) is 2.33. The number of aliphatic carboxylic acids is 1. The summed E-state index contributed by atoms with van der Waals surface area (Å²) in [6.07, 6.45) is 4.42. The van der Waals surface area contributed by atoms with E-state index in [0.717, 1.165) is 32.1 Å². The number of rotatable bonds is 4. The largest absolute Gasteiger partial charge is 0.480 e. The summed E-state index contributed by atoms with van der Waals surface area (Å²) in [4.78, 5) is 25.6. The lowest BCUT2D eigenvalue weighted by atomic mass is 9.83. The Hall–Kier alpha value is -1.26. The molecular formula is C16H29NO4. The average molecular weight is 299 g/mol. The summed E-state index contributed by atoms with van der Waals surface area (Å²) >= 11 is 0. The van der Waals surface area contributed by atoms with Crippen molar-refractivity contribution in [2.24, 2.45) is 5.92 Å². The van der Waals surface area contributed by atoms with Crippen LogP contribution in [0.3, 0.4) is 0 Å². The first-order valence-corrected chi connectivity index (χ1v) is 7.87. The number of hydrogen-bond donors (Lipinski definition) is 1. The highest BCUT2D eigenvalue weighted by atomic mass is 16.6. The number of carboxylic acids is 1. The Morgan fingerprint density at radius 3 is 2.05 bits per heavy atom. The summed E-state index contributed by atoms with van der Waals surface area (Å²) in [6, 6.07) is -0.997. The first-order chi connectivity index (χ1) is 9.63. The predicted molar refractivity (Wildman–Crippen MR) is 81.2 cm³/mol. The van der Waals surface area contributed by atoms with Crippen molar-refractivity contribution in [3.8, 4) is 0 Å². The van der Waals surface area contributed by atoms with Crippen LogP contribution in [0.5, 0.6) is 0 Å². The Morgan fingerprint density at radius 1 is 1.14 bits per heavy atom. The number of carboxylic acid groups (broad SMARTS) is 1. The molecule has 0 heterocycles. The Kier molecular flexibility index (Phi) is 6.05. The molecule has 0 saturated heterocycles. The maximum Gasteiger partial charge on any atom is 0.411 e. The fourth-order valence-electron chi connectivity index (χ4n) is 2.96. The molecule has 1 saturated carbocycles. The predicted octanol–water partition coefficient (Wildman–Crippen LogP) is 3.67. The third-order valence-electron chi connectivity index (χ3n) is 3.81. The van der Waals surface area contributed by atoms with Gasteiger partial charge in [0.2, 0.25) is 0 Å². The van der Waals surface area contributed by atoms with Crippen LogP contribution in [0, 0.1) is 5.92 Å². The van der Waals surface area contributed by atoms with Crippen LogP contribution in [0.15, 0.2) is 0 Å². The topological polar surface area (TPSA) is 66.8 Å². The molecule has 122 valence electrons. The van der Waals surface area contributed by atoms with Gasteiger partial charge >= 0.3 is 12.1 Å². The van der Waals surface area contributed by atoms with E-state index in [1.165, 1.54) is 4.90 Å². The van der Waals surface area contributed by atoms with Gasteiger partial charge in [-0.25, -0.2) is 9.59 Å². The lowest BCUT2D eigenvalue weighted by molar-refractivity contribution is -0.146. The van der Waals surface area contributed by atoms with E-state index in [4.69, 9.17) is 4.74 Å². The molecule has 0 spiro atoms. The second-order valence-corrected chi connectivity index (χ2v) is 7.16. The zero-order chi connectivity index (χ0) is 16.2. The molecule has 0 aromatic rings. The summed E-state index contributed by atoms with van der Waals surface area (Å²) < 4.78 is 5.41. The first kappa shape index (κ1) is 17.8. The molecule has 0 aliphatic heterocycles. The minimum atomic E-state index is -0.929. The van der Waals surface area contributed by atoms with E-state index in [1.807, 2.05) is 13.8 Å². The molecule has 0 aromatic heterocycles. The van der Waals surface area contributed by atoms with Crippen molar-refractivity contribution in [2.45, 2.75) is 84.4 Å². The monoisotopic (exact) mass is 299 g/mol. The summed E-state index contributed by atoms with van der Waals surface area (Å²) in [5, 5.41) is 9.64. The molecule has 1 atom stereocenters. The second kappa shape index (κ2) is 7.14. The number of ether oxygens (including phenoxy) is 1. The van der Waals surface area contributed by atoms with Gasteiger partial charge in [0.05, 0.1) is 0 Å². The van der Waals surface area contributed by atoms with Crippen molar-refractivity contribution in [3.05, 3.63) is 0 Å². The van der Waals surface area contributed by atoms with E-state index in [9.17, 15) is 14.7 Å². The van der Waals surface area contributed by atoms with Crippen LogP contribution in [-0.2, 0) is 9.53 Å². The summed E-state index contributed by atoms with van der Waals surface area (Å²) in [5.74, 6) is -0.910. The third kappa shape index (κ3) is 5.21. The number of nitrogens with zero attached hydrogens (tertiary/aromatic N) is 1. The van der Waals surface area contributed by atoms with Gasteiger partial charge < -0.3 is 9.84 Å².